The molecule has 0 unspecified atom stereocenters. The zero-order chi connectivity index (χ0) is 23.8. The molecule has 3 rings (SSSR count). The zero-order valence-electron chi connectivity index (χ0n) is 20.2. The third kappa shape index (κ3) is 6.81. The molecule has 0 spiro atoms. The van der Waals surface area contributed by atoms with Crippen LogP contribution >= 0.6 is 0 Å². The first kappa shape index (κ1) is 24.8. The summed E-state index contributed by atoms with van der Waals surface area (Å²) in [5.74, 6) is -0.0196. The summed E-state index contributed by atoms with van der Waals surface area (Å²) >= 11 is 0. The van der Waals surface area contributed by atoms with Crippen LogP contribution in [0.15, 0.2) is 36.5 Å². The van der Waals surface area contributed by atoms with Crippen molar-refractivity contribution in [2.45, 2.75) is 58.5 Å². The number of hydrogen-bond acceptors (Lipinski definition) is 5. The average Bonchev–Trinajstić information content (AvgIpc) is 3.24. The van der Waals surface area contributed by atoms with E-state index < -0.39 is 5.60 Å². The van der Waals surface area contributed by atoms with E-state index in [1.807, 2.05) is 62.7 Å². The van der Waals surface area contributed by atoms with Gasteiger partial charge in [0, 0.05) is 38.8 Å². The second-order valence-electron chi connectivity index (χ2n) is 9.24. The van der Waals surface area contributed by atoms with E-state index >= 15 is 0 Å². The maximum atomic E-state index is 13.0. The molecule has 2 heterocycles. The topological polar surface area (TPSA) is 85.7 Å². The van der Waals surface area contributed by atoms with Crippen molar-refractivity contribution in [3.8, 4) is 5.69 Å². The van der Waals surface area contributed by atoms with Crippen molar-refractivity contribution in [1.29, 1.82) is 0 Å². The predicted molar refractivity (Wildman–Crippen MR) is 127 cm³/mol. The Kier molecular flexibility index (Phi) is 8.49. The Morgan fingerprint density at radius 1 is 1.15 bits per heavy atom. The van der Waals surface area contributed by atoms with Gasteiger partial charge in [0.2, 0.25) is 0 Å². The molecular formula is C25H36N4O4. The number of ether oxygens (including phenoxy) is 2. The summed E-state index contributed by atoms with van der Waals surface area (Å²) in [6.45, 7) is 10.6. The van der Waals surface area contributed by atoms with Crippen molar-refractivity contribution in [1.82, 2.24) is 20.0 Å². The van der Waals surface area contributed by atoms with Crippen LogP contribution in [0.25, 0.3) is 5.69 Å². The van der Waals surface area contributed by atoms with Crippen LogP contribution in [-0.2, 0) is 9.47 Å². The fourth-order valence-corrected chi connectivity index (χ4v) is 3.98. The minimum atomic E-state index is -0.521. The molecular weight excluding hydrogens is 420 g/mol. The maximum absolute atomic E-state index is 13.0. The lowest BCUT2D eigenvalue weighted by molar-refractivity contribution is 0.0203. The fourth-order valence-electron chi connectivity index (χ4n) is 3.98. The Labute approximate surface area is 196 Å². The van der Waals surface area contributed by atoms with Crippen LogP contribution in [0.2, 0.25) is 0 Å². The number of rotatable bonds is 8. The minimum Gasteiger partial charge on any atom is -0.444 e. The molecule has 1 N–H and O–H groups in total. The van der Waals surface area contributed by atoms with E-state index in [2.05, 4.69) is 10.4 Å². The van der Waals surface area contributed by atoms with Crippen LogP contribution in [0.1, 0.15) is 68.9 Å². The third-order valence-corrected chi connectivity index (χ3v) is 5.54. The Morgan fingerprint density at radius 2 is 1.85 bits per heavy atom. The number of nitrogens with zero attached hydrogens (tertiary/aromatic N) is 3. The van der Waals surface area contributed by atoms with E-state index in [1.54, 1.807) is 11.1 Å². The van der Waals surface area contributed by atoms with Gasteiger partial charge in [-0.15, -0.1) is 0 Å². The first-order valence-corrected chi connectivity index (χ1v) is 11.8. The van der Waals surface area contributed by atoms with Gasteiger partial charge in [-0.1, -0.05) is 18.2 Å². The molecule has 0 bridgehead atoms. The molecule has 1 aromatic carbocycles. The monoisotopic (exact) mass is 456 g/mol. The Bertz CT molecular complexity index is 912. The summed E-state index contributed by atoms with van der Waals surface area (Å²) in [6.07, 6.45) is 3.60. The number of para-hydroxylation sites is 1. The molecule has 2 aromatic rings. The summed E-state index contributed by atoms with van der Waals surface area (Å²) in [5, 5.41) is 7.57. The molecule has 2 amide bonds. The second kappa shape index (κ2) is 11.3. The molecule has 1 aromatic heterocycles. The SMILES string of the molecule is CCOCCCNC(=O)c1cnn(-c2ccccc2)c1C1CCN(C(=O)OC(C)(C)C)CC1. The summed E-state index contributed by atoms with van der Waals surface area (Å²) in [6, 6.07) is 9.84. The first-order valence-electron chi connectivity index (χ1n) is 11.8. The van der Waals surface area contributed by atoms with Gasteiger partial charge < -0.3 is 19.7 Å². The van der Waals surface area contributed by atoms with Crippen LogP contribution in [0.4, 0.5) is 4.79 Å². The van der Waals surface area contributed by atoms with Crippen LogP contribution in [0.5, 0.6) is 0 Å². The maximum Gasteiger partial charge on any atom is 0.410 e. The van der Waals surface area contributed by atoms with E-state index in [1.165, 1.54) is 0 Å². The van der Waals surface area contributed by atoms with Crippen molar-refractivity contribution < 1.29 is 19.1 Å². The summed E-state index contributed by atoms with van der Waals surface area (Å²) in [7, 11) is 0. The second-order valence-corrected chi connectivity index (χ2v) is 9.24. The van der Waals surface area contributed by atoms with Crippen LogP contribution in [0, 0.1) is 0 Å². The number of amides is 2. The lowest BCUT2D eigenvalue weighted by Gasteiger charge is -2.34. The average molecular weight is 457 g/mol. The lowest BCUT2D eigenvalue weighted by Crippen LogP contribution is -2.41. The first-order chi connectivity index (χ1) is 15.8. The van der Waals surface area contributed by atoms with E-state index in [0.29, 0.717) is 38.4 Å². The molecule has 0 radical (unpaired) electrons. The van der Waals surface area contributed by atoms with Gasteiger partial charge in [0.25, 0.3) is 5.91 Å². The van der Waals surface area contributed by atoms with Crippen LogP contribution < -0.4 is 5.32 Å². The number of piperidine rings is 1. The number of nitrogens with one attached hydrogen (secondary N) is 1. The molecule has 0 aliphatic carbocycles. The highest BCUT2D eigenvalue weighted by atomic mass is 16.6. The van der Waals surface area contributed by atoms with Gasteiger partial charge in [-0.25, -0.2) is 9.48 Å². The standard InChI is InChI=1S/C25H36N4O4/c1-5-32-17-9-14-26-23(30)21-18-27-29(20-10-7-6-8-11-20)22(21)19-12-15-28(16-13-19)24(31)33-25(2,3)4/h6-8,10-11,18-19H,5,9,12-17H2,1-4H3,(H,26,30). The fraction of sp³-hybridized carbons (Fsp3) is 0.560. The zero-order valence-corrected chi connectivity index (χ0v) is 20.2. The highest BCUT2D eigenvalue weighted by Gasteiger charge is 2.32. The Morgan fingerprint density at radius 3 is 2.48 bits per heavy atom. The number of aromatic nitrogens is 2. The highest BCUT2D eigenvalue weighted by molar-refractivity contribution is 5.95. The van der Waals surface area contributed by atoms with Crippen molar-refractivity contribution in [2.75, 3.05) is 32.8 Å². The van der Waals surface area contributed by atoms with E-state index in [0.717, 1.165) is 30.6 Å². The van der Waals surface area contributed by atoms with Gasteiger partial charge in [-0.2, -0.15) is 5.10 Å². The molecule has 1 fully saturated rings. The van der Waals surface area contributed by atoms with Crippen LogP contribution in [-0.4, -0.2) is 65.1 Å². The van der Waals surface area contributed by atoms with Gasteiger partial charge >= 0.3 is 6.09 Å². The number of likely N-dealkylation sites (tertiary alicyclic amines) is 1. The van der Waals surface area contributed by atoms with Crippen molar-refractivity contribution in [3.63, 3.8) is 0 Å². The summed E-state index contributed by atoms with van der Waals surface area (Å²) in [5.41, 5.74) is 1.88. The number of carbonyl (C=O) groups is 2. The largest absolute Gasteiger partial charge is 0.444 e. The van der Waals surface area contributed by atoms with Gasteiger partial charge in [0.05, 0.1) is 23.1 Å². The molecule has 33 heavy (non-hydrogen) atoms. The lowest BCUT2D eigenvalue weighted by atomic mass is 9.91. The molecule has 180 valence electrons. The third-order valence-electron chi connectivity index (χ3n) is 5.54. The summed E-state index contributed by atoms with van der Waals surface area (Å²) in [4.78, 5) is 27.2. The molecule has 1 saturated heterocycles. The van der Waals surface area contributed by atoms with E-state index in [4.69, 9.17) is 9.47 Å². The van der Waals surface area contributed by atoms with Crippen molar-refractivity contribution >= 4 is 12.0 Å². The Balaban J connectivity index is 1.76. The van der Waals surface area contributed by atoms with Gasteiger partial charge in [0.1, 0.15) is 5.60 Å². The number of benzene rings is 1. The van der Waals surface area contributed by atoms with E-state index in [9.17, 15) is 9.59 Å². The molecule has 0 atom stereocenters. The molecule has 8 nitrogen and oxygen atoms in total. The minimum absolute atomic E-state index is 0.107. The molecule has 1 aliphatic rings. The van der Waals surface area contributed by atoms with Gasteiger partial charge in [0.15, 0.2) is 0 Å². The smallest absolute Gasteiger partial charge is 0.410 e. The van der Waals surface area contributed by atoms with Crippen molar-refractivity contribution in [2.24, 2.45) is 0 Å². The normalized spacial score (nSPS) is 14.8. The summed E-state index contributed by atoms with van der Waals surface area (Å²) < 4.78 is 12.7. The highest BCUT2D eigenvalue weighted by Crippen LogP contribution is 2.32. The van der Waals surface area contributed by atoms with Gasteiger partial charge in [-0.3, -0.25) is 4.79 Å². The molecule has 1 aliphatic heterocycles. The van der Waals surface area contributed by atoms with Crippen molar-refractivity contribution in [3.05, 3.63) is 47.8 Å². The quantitative estimate of drug-likeness (QED) is 0.604. The van der Waals surface area contributed by atoms with E-state index in [-0.39, 0.29) is 17.9 Å². The predicted octanol–water partition coefficient (Wildman–Crippen LogP) is 4.14. The molecule has 0 saturated carbocycles. The van der Waals surface area contributed by atoms with Crippen LogP contribution in [0.3, 0.4) is 0 Å². The van der Waals surface area contributed by atoms with Gasteiger partial charge in [-0.05, 0) is 59.1 Å². The Hall–Kier alpha value is -2.87. The number of carbonyl (C=O) groups excluding carboxylic acids is 2. The molecule has 8 heteroatoms. The number of hydrogen-bond donors (Lipinski definition) is 1.